The second-order valence-corrected chi connectivity index (χ2v) is 7.66. The van der Waals surface area contributed by atoms with E-state index < -0.39 is 12.0 Å². The minimum atomic E-state index is -0.903. The van der Waals surface area contributed by atoms with Crippen LogP contribution in [-0.2, 0) is 16.1 Å². The summed E-state index contributed by atoms with van der Waals surface area (Å²) in [5.41, 5.74) is 1.00. The molecule has 148 valence electrons. The van der Waals surface area contributed by atoms with Gasteiger partial charge in [0.2, 0.25) is 5.91 Å². The highest BCUT2D eigenvalue weighted by Crippen LogP contribution is 2.43. The zero-order valence-electron chi connectivity index (χ0n) is 15.8. The van der Waals surface area contributed by atoms with Gasteiger partial charge in [-0.05, 0) is 43.8 Å². The van der Waals surface area contributed by atoms with Crippen LogP contribution in [0.2, 0.25) is 0 Å². The molecule has 2 aliphatic rings. The van der Waals surface area contributed by atoms with Crippen molar-refractivity contribution in [3.8, 4) is 5.75 Å². The van der Waals surface area contributed by atoms with Crippen LogP contribution in [0.3, 0.4) is 0 Å². The van der Waals surface area contributed by atoms with Gasteiger partial charge in [-0.2, -0.15) is 0 Å². The van der Waals surface area contributed by atoms with Crippen LogP contribution < -0.4 is 4.74 Å². The summed E-state index contributed by atoms with van der Waals surface area (Å²) in [4.78, 5) is 27.2. The number of carbonyl (C=O) groups excluding carboxylic acids is 1. The van der Waals surface area contributed by atoms with Crippen LogP contribution in [0.25, 0.3) is 0 Å². The molecule has 0 saturated carbocycles. The molecule has 2 heterocycles. The lowest BCUT2D eigenvalue weighted by Gasteiger charge is -2.39. The zero-order chi connectivity index (χ0) is 19.4. The maximum atomic E-state index is 11.8. The Hall–Kier alpha value is -2.12. The van der Waals surface area contributed by atoms with Crippen molar-refractivity contribution in [3.63, 3.8) is 0 Å². The first-order valence-corrected chi connectivity index (χ1v) is 9.48. The third kappa shape index (κ3) is 4.42. The van der Waals surface area contributed by atoms with Crippen LogP contribution in [0.5, 0.6) is 5.75 Å². The van der Waals surface area contributed by atoms with Gasteiger partial charge in [-0.3, -0.25) is 9.69 Å². The predicted molar refractivity (Wildman–Crippen MR) is 99.4 cm³/mol. The SMILES string of the molecule is CC(=O)N1CC2(CCN(Cc3ccccc3OCCO)CC2)C[C@H]1C(=O)O. The summed E-state index contributed by atoms with van der Waals surface area (Å²) in [6.45, 7) is 4.75. The molecule has 1 aromatic rings. The second kappa shape index (κ2) is 8.27. The van der Waals surface area contributed by atoms with Crippen LogP contribution in [0.15, 0.2) is 24.3 Å². The number of piperidine rings is 1. The second-order valence-electron chi connectivity index (χ2n) is 7.66. The van der Waals surface area contributed by atoms with Crippen molar-refractivity contribution in [1.82, 2.24) is 9.80 Å². The van der Waals surface area contributed by atoms with E-state index >= 15 is 0 Å². The maximum absolute atomic E-state index is 11.8. The van der Waals surface area contributed by atoms with Gasteiger partial charge in [-0.1, -0.05) is 18.2 Å². The molecule has 2 fully saturated rings. The minimum absolute atomic E-state index is 0.0159. The Kier molecular flexibility index (Phi) is 6.01. The maximum Gasteiger partial charge on any atom is 0.326 e. The van der Waals surface area contributed by atoms with E-state index in [-0.39, 0.29) is 24.5 Å². The van der Waals surface area contributed by atoms with Crippen LogP contribution in [0.4, 0.5) is 0 Å². The minimum Gasteiger partial charge on any atom is -0.491 e. The van der Waals surface area contributed by atoms with Crippen molar-refractivity contribution in [3.05, 3.63) is 29.8 Å². The van der Waals surface area contributed by atoms with Gasteiger partial charge < -0.3 is 19.8 Å². The summed E-state index contributed by atoms with van der Waals surface area (Å²) in [6, 6.07) is 7.15. The molecule has 1 aromatic carbocycles. The molecular formula is C20H28N2O5. The number of para-hydroxylation sites is 1. The van der Waals surface area contributed by atoms with Crippen LogP contribution in [0, 0.1) is 5.41 Å². The Morgan fingerprint density at radius 2 is 1.96 bits per heavy atom. The van der Waals surface area contributed by atoms with Gasteiger partial charge in [0, 0.05) is 25.6 Å². The molecule has 2 aliphatic heterocycles. The molecule has 0 radical (unpaired) electrons. The molecular weight excluding hydrogens is 348 g/mol. The quantitative estimate of drug-likeness (QED) is 0.779. The number of carboxylic acid groups (broad SMARTS) is 1. The number of benzene rings is 1. The summed E-state index contributed by atoms with van der Waals surface area (Å²) >= 11 is 0. The average Bonchev–Trinajstić information content (AvgIpc) is 3.03. The number of ether oxygens (including phenoxy) is 1. The average molecular weight is 376 g/mol. The molecule has 0 aromatic heterocycles. The number of carbonyl (C=O) groups is 2. The van der Waals surface area contributed by atoms with Gasteiger partial charge in [0.1, 0.15) is 18.4 Å². The lowest BCUT2D eigenvalue weighted by molar-refractivity contribution is -0.147. The highest BCUT2D eigenvalue weighted by Gasteiger charge is 2.49. The van der Waals surface area contributed by atoms with E-state index in [0.717, 1.165) is 43.8 Å². The molecule has 3 rings (SSSR count). The highest BCUT2D eigenvalue weighted by molar-refractivity contribution is 5.83. The first-order chi connectivity index (χ1) is 12.9. The molecule has 2 N–H and O–H groups in total. The van der Waals surface area contributed by atoms with E-state index in [1.54, 1.807) is 0 Å². The largest absolute Gasteiger partial charge is 0.491 e. The van der Waals surface area contributed by atoms with Crippen LogP contribution in [-0.4, -0.2) is 70.8 Å². The topological polar surface area (TPSA) is 90.3 Å². The van der Waals surface area contributed by atoms with Crippen molar-refractivity contribution in [2.24, 2.45) is 5.41 Å². The van der Waals surface area contributed by atoms with Crippen LogP contribution >= 0.6 is 0 Å². The monoisotopic (exact) mass is 376 g/mol. The Balaban J connectivity index is 1.61. The number of rotatable bonds is 6. The number of hydrogen-bond acceptors (Lipinski definition) is 5. The fourth-order valence-electron chi connectivity index (χ4n) is 4.33. The lowest BCUT2D eigenvalue weighted by atomic mass is 9.76. The van der Waals surface area contributed by atoms with Crippen molar-refractivity contribution in [2.75, 3.05) is 32.8 Å². The molecule has 1 spiro atoms. The number of likely N-dealkylation sites (tertiary alicyclic amines) is 2. The fourth-order valence-corrected chi connectivity index (χ4v) is 4.33. The number of aliphatic hydroxyl groups is 1. The van der Waals surface area contributed by atoms with E-state index in [9.17, 15) is 14.7 Å². The Morgan fingerprint density at radius 3 is 2.56 bits per heavy atom. The fraction of sp³-hybridized carbons (Fsp3) is 0.600. The molecule has 0 bridgehead atoms. The molecule has 1 atom stereocenters. The third-order valence-electron chi connectivity index (χ3n) is 5.83. The van der Waals surface area contributed by atoms with Gasteiger partial charge in [0.25, 0.3) is 0 Å². The third-order valence-corrected chi connectivity index (χ3v) is 5.83. The van der Waals surface area contributed by atoms with E-state index in [4.69, 9.17) is 9.84 Å². The summed E-state index contributed by atoms with van der Waals surface area (Å²) < 4.78 is 5.62. The van der Waals surface area contributed by atoms with E-state index in [2.05, 4.69) is 4.90 Å². The van der Waals surface area contributed by atoms with Gasteiger partial charge in [-0.25, -0.2) is 4.79 Å². The Labute approximate surface area is 159 Å². The van der Waals surface area contributed by atoms with Crippen molar-refractivity contribution >= 4 is 11.9 Å². The summed E-state index contributed by atoms with van der Waals surface area (Å²) in [5, 5.41) is 18.4. The smallest absolute Gasteiger partial charge is 0.326 e. The molecule has 7 nitrogen and oxygen atoms in total. The van der Waals surface area contributed by atoms with E-state index in [1.807, 2.05) is 24.3 Å². The summed E-state index contributed by atoms with van der Waals surface area (Å²) in [5.74, 6) is -0.266. The van der Waals surface area contributed by atoms with Crippen molar-refractivity contribution < 1.29 is 24.5 Å². The lowest BCUT2D eigenvalue weighted by Crippen LogP contribution is -2.42. The number of carboxylic acids is 1. The van der Waals surface area contributed by atoms with Crippen molar-refractivity contribution in [2.45, 2.75) is 38.8 Å². The van der Waals surface area contributed by atoms with Gasteiger partial charge >= 0.3 is 5.97 Å². The molecule has 1 amide bonds. The first kappa shape index (κ1) is 19.6. The normalized spacial score (nSPS) is 22.1. The van der Waals surface area contributed by atoms with E-state index in [0.29, 0.717) is 13.0 Å². The van der Waals surface area contributed by atoms with Crippen LogP contribution in [0.1, 0.15) is 31.7 Å². The highest BCUT2D eigenvalue weighted by atomic mass is 16.5. The molecule has 7 heteroatoms. The molecule has 2 saturated heterocycles. The predicted octanol–water partition coefficient (Wildman–Crippen LogP) is 1.35. The first-order valence-electron chi connectivity index (χ1n) is 9.48. The summed E-state index contributed by atoms with van der Waals surface area (Å²) in [7, 11) is 0. The van der Waals surface area contributed by atoms with Gasteiger partial charge in [-0.15, -0.1) is 0 Å². The number of nitrogens with zero attached hydrogens (tertiary/aromatic N) is 2. The Bertz CT molecular complexity index is 661. The number of hydrogen-bond donors (Lipinski definition) is 2. The molecule has 27 heavy (non-hydrogen) atoms. The summed E-state index contributed by atoms with van der Waals surface area (Å²) in [6.07, 6.45) is 2.33. The Morgan fingerprint density at radius 1 is 1.26 bits per heavy atom. The van der Waals surface area contributed by atoms with Gasteiger partial charge in [0.15, 0.2) is 0 Å². The van der Waals surface area contributed by atoms with Crippen molar-refractivity contribution in [1.29, 1.82) is 0 Å². The van der Waals surface area contributed by atoms with Gasteiger partial charge in [0.05, 0.1) is 6.61 Å². The molecule has 0 aliphatic carbocycles. The number of aliphatic hydroxyl groups excluding tert-OH is 1. The molecule has 0 unspecified atom stereocenters. The standard InChI is InChI=1S/C20H28N2O5/c1-15(24)22-14-20(12-17(22)19(25)26)6-8-21(9-7-20)13-16-4-2-3-5-18(16)27-11-10-23/h2-5,17,23H,6-14H2,1H3,(H,25,26)/t17-/m0/s1. The number of aliphatic carboxylic acids is 1. The van der Waals surface area contributed by atoms with E-state index in [1.165, 1.54) is 11.8 Å². The zero-order valence-corrected chi connectivity index (χ0v) is 15.8. The number of amides is 1.